The van der Waals surface area contributed by atoms with Crippen LogP contribution < -0.4 is 0 Å². The molecule has 0 atom stereocenters. The normalized spacial score (nSPS) is 11.5. The van der Waals surface area contributed by atoms with Crippen molar-refractivity contribution in [3.05, 3.63) is 41.7 Å². The van der Waals surface area contributed by atoms with Gasteiger partial charge in [0.05, 0.1) is 5.56 Å². The molecule has 88 valence electrons. The number of hydrogen-bond donors (Lipinski definition) is 0. The van der Waals surface area contributed by atoms with Crippen molar-refractivity contribution in [1.29, 1.82) is 0 Å². The van der Waals surface area contributed by atoms with Crippen LogP contribution in [0, 0.1) is 0 Å². The first kappa shape index (κ1) is 11.8. The molecule has 0 aliphatic carbocycles. The Bertz CT molecular complexity index is 542. The summed E-state index contributed by atoms with van der Waals surface area (Å²) in [5.74, 6) is 0. The van der Waals surface area contributed by atoms with Gasteiger partial charge in [-0.15, -0.1) is 0 Å². The lowest BCUT2D eigenvalue weighted by Gasteiger charge is -2.12. The lowest BCUT2D eigenvalue weighted by molar-refractivity contribution is -0.137. The molecule has 3 nitrogen and oxygen atoms in total. The third-order valence-corrected chi connectivity index (χ3v) is 2.38. The Labute approximate surface area is 99.3 Å². The molecule has 0 bridgehead atoms. The molecule has 0 fully saturated rings. The maximum absolute atomic E-state index is 12.8. The van der Waals surface area contributed by atoms with Gasteiger partial charge in [-0.05, 0) is 6.07 Å². The lowest BCUT2D eigenvalue weighted by atomic mass is 10.0. The second-order valence-electron chi connectivity index (χ2n) is 3.15. The van der Waals surface area contributed by atoms with Crippen molar-refractivity contribution in [3.8, 4) is 11.1 Å². The van der Waals surface area contributed by atoms with Crippen LogP contribution in [0.2, 0.25) is 5.15 Å². The van der Waals surface area contributed by atoms with Crippen LogP contribution >= 0.6 is 11.6 Å². The van der Waals surface area contributed by atoms with E-state index in [1.807, 2.05) is 0 Å². The van der Waals surface area contributed by atoms with E-state index in [0.717, 1.165) is 24.8 Å². The van der Waals surface area contributed by atoms with Gasteiger partial charge in [0.15, 0.2) is 0 Å². The van der Waals surface area contributed by atoms with Crippen LogP contribution in [0.15, 0.2) is 31.0 Å². The minimum Gasteiger partial charge on any atom is -0.264 e. The fourth-order valence-corrected chi connectivity index (χ4v) is 1.55. The van der Waals surface area contributed by atoms with E-state index in [1.165, 1.54) is 6.20 Å². The molecule has 7 heteroatoms. The molecule has 0 amide bonds. The first-order valence-corrected chi connectivity index (χ1v) is 4.85. The summed E-state index contributed by atoms with van der Waals surface area (Å²) in [5, 5.41) is -0.0431. The predicted octanol–water partition coefficient (Wildman–Crippen LogP) is 3.21. The van der Waals surface area contributed by atoms with Crippen LogP contribution in [0.5, 0.6) is 0 Å². The van der Waals surface area contributed by atoms with Gasteiger partial charge >= 0.3 is 6.18 Å². The molecule has 0 N–H and O–H groups in total. The Morgan fingerprint density at radius 3 is 2.41 bits per heavy atom. The van der Waals surface area contributed by atoms with E-state index in [9.17, 15) is 13.2 Å². The summed E-state index contributed by atoms with van der Waals surface area (Å²) < 4.78 is 38.3. The highest BCUT2D eigenvalue weighted by Crippen LogP contribution is 2.37. The monoisotopic (exact) mass is 259 g/mol. The molecular formula is C10H5ClF3N3. The third kappa shape index (κ3) is 2.36. The highest BCUT2D eigenvalue weighted by Gasteiger charge is 2.34. The molecule has 2 aromatic heterocycles. The summed E-state index contributed by atoms with van der Waals surface area (Å²) in [7, 11) is 0. The summed E-state index contributed by atoms with van der Waals surface area (Å²) in [5.41, 5.74) is -0.843. The van der Waals surface area contributed by atoms with E-state index < -0.39 is 11.7 Å². The van der Waals surface area contributed by atoms with E-state index in [4.69, 9.17) is 11.6 Å². The van der Waals surface area contributed by atoms with Gasteiger partial charge in [-0.2, -0.15) is 13.2 Å². The molecule has 0 radical (unpaired) electrons. The van der Waals surface area contributed by atoms with Crippen molar-refractivity contribution >= 4 is 11.6 Å². The fourth-order valence-electron chi connectivity index (χ4n) is 1.35. The van der Waals surface area contributed by atoms with Crippen LogP contribution in [0.1, 0.15) is 5.56 Å². The minimum atomic E-state index is -4.47. The number of rotatable bonds is 1. The quantitative estimate of drug-likeness (QED) is 0.738. The van der Waals surface area contributed by atoms with Crippen molar-refractivity contribution in [2.24, 2.45) is 0 Å². The maximum Gasteiger partial charge on any atom is 0.417 e. The Morgan fingerprint density at radius 2 is 1.76 bits per heavy atom. The van der Waals surface area contributed by atoms with Crippen molar-refractivity contribution in [2.75, 3.05) is 0 Å². The highest BCUT2D eigenvalue weighted by molar-refractivity contribution is 6.32. The van der Waals surface area contributed by atoms with Gasteiger partial charge < -0.3 is 0 Å². The standard InChI is InChI=1S/C10H5ClF3N3/c11-9-7(4-16-5-17-9)6-3-15-2-1-8(6)10(12,13)14/h1-5H. The molecule has 17 heavy (non-hydrogen) atoms. The van der Waals surface area contributed by atoms with E-state index in [-0.39, 0.29) is 16.3 Å². The van der Waals surface area contributed by atoms with Crippen molar-refractivity contribution in [3.63, 3.8) is 0 Å². The SMILES string of the molecule is FC(F)(F)c1ccncc1-c1cncnc1Cl. The molecule has 0 aliphatic rings. The molecule has 0 saturated heterocycles. The van der Waals surface area contributed by atoms with E-state index >= 15 is 0 Å². The zero-order valence-corrected chi connectivity index (χ0v) is 9.00. The molecule has 2 aromatic rings. The largest absolute Gasteiger partial charge is 0.417 e. The number of alkyl halides is 3. The van der Waals surface area contributed by atoms with Crippen LogP contribution in [0.3, 0.4) is 0 Å². The van der Waals surface area contributed by atoms with E-state index in [1.54, 1.807) is 0 Å². The number of halogens is 4. The van der Waals surface area contributed by atoms with E-state index in [2.05, 4.69) is 15.0 Å². The van der Waals surface area contributed by atoms with Gasteiger partial charge in [-0.3, -0.25) is 4.98 Å². The second kappa shape index (κ2) is 4.29. The molecule has 2 heterocycles. The van der Waals surface area contributed by atoms with Crippen LogP contribution in [-0.4, -0.2) is 15.0 Å². The average molecular weight is 260 g/mol. The Balaban J connectivity index is 2.65. The molecule has 0 aliphatic heterocycles. The number of pyridine rings is 1. The molecule has 0 spiro atoms. The molecule has 0 aromatic carbocycles. The van der Waals surface area contributed by atoms with E-state index in [0.29, 0.717) is 0 Å². The van der Waals surface area contributed by atoms with Gasteiger partial charge in [0.1, 0.15) is 11.5 Å². The average Bonchev–Trinajstić information content (AvgIpc) is 2.28. The van der Waals surface area contributed by atoms with Crippen LogP contribution in [0.4, 0.5) is 13.2 Å². The van der Waals surface area contributed by atoms with Gasteiger partial charge in [0.25, 0.3) is 0 Å². The van der Waals surface area contributed by atoms with Gasteiger partial charge in [-0.1, -0.05) is 11.6 Å². The summed E-state index contributed by atoms with van der Waals surface area (Å²) in [4.78, 5) is 11.0. The summed E-state index contributed by atoms with van der Waals surface area (Å²) in [6, 6.07) is 0.888. The zero-order chi connectivity index (χ0) is 12.5. The van der Waals surface area contributed by atoms with Crippen LogP contribution in [0.25, 0.3) is 11.1 Å². The Morgan fingerprint density at radius 1 is 1.06 bits per heavy atom. The third-order valence-electron chi connectivity index (χ3n) is 2.08. The summed E-state index contributed by atoms with van der Waals surface area (Å²) >= 11 is 5.73. The predicted molar refractivity (Wildman–Crippen MR) is 55.3 cm³/mol. The molecular weight excluding hydrogens is 255 g/mol. The Kier molecular flexibility index (Phi) is 2.97. The van der Waals surface area contributed by atoms with Gasteiger partial charge in [0, 0.05) is 29.7 Å². The number of aromatic nitrogens is 3. The summed E-state index contributed by atoms with van der Waals surface area (Å²) in [6.07, 6.45) is 0.0753. The molecule has 0 saturated carbocycles. The number of hydrogen-bond acceptors (Lipinski definition) is 3. The lowest BCUT2D eigenvalue weighted by Crippen LogP contribution is -2.07. The highest BCUT2D eigenvalue weighted by atomic mass is 35.5. The van der Waals surface area contributed by atoms with Crippen molar-refractivity contribution in [1.82, 2.24) is 15.0 Å². The smallest absolute Gasteiger partial charge is 0.264 e. The fraction of sp³-hybridized carbons (Fsp3) is 0.100. The minimum absolute atomic E-state index is 0.0431. The van der Waals surface area contributed by atoms with Gasteiger partial charge in [-0.25, -0.2) is 9.97 Å². The topological polar surface area (TPSA) is 38.7 Å². The maximum atomic E-state index is 12.8. The van der Waals surface area contributed by atoms with Crippen molar-refractivity contribution in [2.45, 2.75) is 6.18 Å². The van der Waals surface area contributed by atoms with Crippen molar-refractivity contribution < 1.29 is 13.2 Å². The first-order valence-electron chi connectivity index (χ1n) is 4.47. The molecule has 2 rings (SSSR count). The van der Waals surface area contributed by atoms with Gasteiger partial charge in [0.2, 0.25) is 0 Å². The van der Waals surface area contributed by atoms with Crippen LogP contribution in [-0.2, 0) is 6.18 Å². The summed E-state index contributed by atoms with van der Waals surface area (Å²) in [6.45, 7) is 0. The Hall–Kier alpha value is -1.69. The second-order valence-corrected chi connectivity index (χ2v) is 3.50. The molecule has 0 unspecified atom stereocenters. The number of nitrogens with zero attached hydrogens (tertiary/aromatic N) is 3. The first-order chi connectivity index (χ1) is 8.00. The zero-order valence-electron chi connectivity index (χ0n) is 8.24.